The van der Waals surface area contributed by atoms with Gasteiger partial charge < -0.3 is 0 Å². The van der Waals surface area contributed by atoms with Crippen LogP contribution in [0.3, 0.4) is 0 Å². The van der Waals surface area contributed by atoms with Gasteiger partial charge in [-0.15, -0.1) is 11.8 Å². The van der Waals surface area contributed by atoms with Crippen LogP contribution in [0.15, 0.2) is 51.8 Å². The van der Waals surface area contributed by atoms with Crippen molar-refractivity contribution in [1.82, 2.24) is 0 Å². The number of rotatable bonds is 4. The molecule has 0 N–H and O–H groups in total. The average molecular weight is 335 g/mol. The van der Waals surface area contributed by atoms with Crippen LogP contribution in [0, 0.1) is 13.8 Å². The minimum Gasteiger partial charge on any atom is -0.293 e. The summed E-state index contributed by atoms with van der Waals surface area (Å²) in [6, 6.07) is 14.0. The molecule has 0 spiro atoms. The fourth-order valence-corrected chi connectivity index (χ4v) is 3.27. The Hall–Kier alpha value is -1.06. The van der Waals surface area contributed by atoms with Crippen LogP contribution in [0.25, 0.3) is 0 Å². The van der Waals surface area contributed by atoms with Crippen LogP contribution >= 0.6 is 27.7 Å². The van der Waals surface area contributed by atoms with Crippen LogP contribution in [0.1, 0.15) is 21.5 Å². The second-order valence-electron chi connectivity index (χ2n) is 4.46. The second kappa shape index (κ2) is 6.40. The first-order chi connectivity index (χ1) is 9.08. The van der Waals surface area contributed by atoms with Crippen LogP contribution in [0.2, 0.25) is 0 Å². The number of benzene rings is 2. The summed E-state index contributed by atoms with van der Waals surface area (Å²) in [5.41, 5.74) is 3.00. The van der Waals surface area contributed by atoms with Crippen LogP contribution in [-0.2, 0) is 0 Å². The zero-order valence-corrected chi connectivity index (χ0v) is 13.3. The lowest BCUT2D eigenvalue weighted by Crippen LogP contribution is -2.05. The van der Waals surface area contributed by atoms with Gasteiger partial charge in [-0.2, -0.15) is 0 Å². The summed E-state index contributed by atoms with van der Waals surface area (Å²) in [6.07, 6.45) is 0. The van der Waals surface area contributed by atoms with Crippen LogP contribution in [0.5, 0.6) is 0 Å². The SMILES string of the molecule is Cc1ccc(C)c(C(=O)CSc2ccccc2Br)c1. The van der Waals surface area contributed by atoms with Gasteiger partial charge in [0, 0.05) is 14.9 Å². The Bertz CT molecular complexity index is 607. The number of hydrogen-bond donors (Lipinski definition) is 0. The highest BCUT2D eigenvalue weighted by atomic mass is 79.9. The highest BCUT2D eigenvalue weighted by molar-refractivity contribution is 9.10. The number of Topliss-reactive ketones (excluding diaryl/α,β-unsaturated/α-hetero) is 1. The number of aryl methyl sites for hydroxylation is 2. The van der Waals surface area contributed by atoms with E-state index < -0.39 is 0 Å². The maximum Gasteiger partial charge on any atom is 0.173 e. The molecule has 2 aromatic rings. The van der Waals surface area contributed by atoms with Crippen LogP contribution in [-0.4, -0.2) is 11.5 Å². The fourth-order valence-electron chi connectivity index (χ4n) is 1.82. The normalized spacial score (nSPS) is 10.5. The van der Waals surface area contributed by atoms with E-state index in [4.69, 9.17) is 0 Å². The van der Waals surface area contributed by atoms with Crippen molar-refractivity contribution in [3.8, 4) is 0 Å². The zero-order valence-electron chi connectivity index (χ0n) is 10.9. The first-order valence-electron chi connectivity index (χ1n) is 6.05. The summed E-state index contributed by atoms with van der Waals surface area (Å²) >= 11 is 5.06. The summed E-state index contributed by atoms with van der Waals surface area (Å²) in [6.45, 7) is 3.99. The molecule has 1 nitrogen and oxygen atoms in total. The average Bonchev–Trinajstić information content (AvgIpc) is 2.40. The van der Waals surface area contributed by atoms with Gasteiger partial charge in [0.05, 0.1) is 5.75 Å². The maximum absolute atomic E-state index is 12.3. The first-order valence-corrected chi connectivity index (χ1v) is 7.83. The van der Waals surface area contributed by atoms with Gasteiger partial charge in [0.1, 0.15) is 0 Å². The molecule has 0 heterocycles. The van der Waals surface area contributed by atoms with Crippen LogP contribution < -0.4 is 0 Å². The molecule has 98 valence electrons. The Labute approximate surface area is 126 Å². The number of thioether (sulfide) groups is 1. The van der Waals surface area contributed by atoms with Gasteiger partial charge in [-0.05, 0) is 53.5 Å². The zero-order chi connectivity index (χ0) is 13.8. The summed E-state index contributed by atoms with van der Waals surface area (Å²) in [7, 11) is 0. The summed E-state index contributed by atoms with van der Waals surface area (Å²) < 4.78 is 1.04. The van der Waals surface area contributed by atoms with Gasteiger partial charge in [-0.25, -0.2) is 0 Å². The van der Waals surface area contributed by atoms with E-state index in [1.165, 1.54) is 0 Å². The molecule has 2 aromatic carbocycles. The van der Waals surface area contributed by atoms with E-state index in [1.54, 1.807) is 11.8 Å². The van der Waals surface area contributed by atoms with Gasteiger partial charge in [-0.3, -0.25) is 4.79 Å². The summed E-state index contributed by atoms with van der Waals surface area (Å²) in [5.74, 6) is 0.648. The van der Waals surface area contributed by atoms with E-state index in [2.05, 4.69) is 15.9 Å². The van der Waals surface area contributed by atoms with Crippen molar-refractivity contribution >= 4 is 33.5 Å². The minimum absolute atomic E-state index is 0.182. The lowest BCUT2D eigenvalue weighted by Gasteiger charge is -2.07. The molecule has 19 heavy (non-hydrogen) atoms. The monoisotopic (exact) mass is 334 g/mol. The van der Waals surface area contributed by atoms with Crippen molar-refractivity contribution in [2.75, 3.05) is 5.75 Å². The Morgan fingerprint density at radius 1 is 1.16 bits per heavy atom. The van der Waals surface area contributed by atoms with Crippen molar-refractivity contribution in [3.05, 3.63) is 63.6 Å². The van der Waals surface area contributed by atoms with E-state index in [9.17, 15) is 4.79 Å². The number of hydrogen-bond acceptors (Lipinski definition) is 2. The smallest absolute Gasteiger partial charge is 0.173 e. The highest BCUT2D eigenvalue weighted by Crippen LogP contribution is 2.27. The Morgan fingerprint density at radius 3 is 2.63 bits per heavy atom. The number of halogens is 1. The molecule has 0 aromatic heterocycles. The standard InChI is InChI=1S/C16H15BrOS/c1-11-7-8-12(2)13(9-11)15(18)10-19-16-6-4-3-5-14(16)17/h3-9H,10H2,1-2H3. The van der Waals surface area contributed by atoms with Crippen molar-refractivity contribution in [1.29, 1.82) is 0 Å². The third-order valence-corrected chi connectivity index (χ3v) is 4.92. The second-order valence-corrected chi connectivity index (χ2v) is 6.33. The van der Waals surface area contributed by atoms with E-state index in [0.717, 1.165) is 26.1 Å². The van der Waals surface area contributed by atoms with E-state index in [0.29, 0.717) is 5.75 Å². The Kier molecular flexibility index (Phi) is 4.83. The Balaban J connectivity index is 2.10. The number of carbonyl (C=O) groups excluding carboxylic acids is 1. The third-order valence-electron chi connectivity index (χ3n) is 2.89. The molecule has 0 aliphatic carbocycles. The summed E-state index contributed by atoms with van der Waals surface area (Å²) in [5, 5.41) is 0. The molecular formula is C16H15BrOS. The van der Waals surface area contributed by atoms with Gasteiger partial charge in [0.25, 0.3) is 0 Å². The van der Waals surface area contributed by atoms with Crippen LogP contribution in [0.4, 0.5) is 0 Å². The molecule has 0 saturated carbocycles. The quantitative estimate of drug-likeness (QED) is 0.575. The van der Waals surface area contributed by atoms with Gasteiger partial charge in [0.15, 0.2) is 5.78 Å². The fraction of sp³-hybridized carbons (Fsp3) is 0.188. The third kappa shape index (κ3) is 3.71. The predicted octanol–water partition coefficient (Wildman–Crippen LogP) is 5.04. The number of ketones is 1. The predicted molar refractivity (Wildman–Crippen MR) is 85.1 cm³/mol. The van der Waals surface area contributed by atoms with Crippen molar-refractivity contribution in [2.24, 2.45) is 0 Å². The van der Waals surface area contributed by atoms with Crippen molar-refractivity contribution in [3.63, 3.8) is 0 Å². The van der Waals surface area contributed by atoms with Crippen molar-refractivity contribution < 1.29 is 4.79 Å². The molecule has 0 unspecified atom stereocenters. The molecular weight excluding hydrogens is 320 g/mol. The van der Waals surface area contributed by atoms with Gasteiger partial charge in [0.2, 0.25) is 0 Å². The summed E-state index contributed by atoms with van der Waals surface area (Å²) in [4.78, 5) is 13.4. The molecule has 2 rings (SSSR count). The topological polar surface area (TPSA) is 17.1 Å². The molecule has 0 fully saturated rings. The molecule has 3 heteroatoms. The molecule has 0 amide bonds. The van der Waals surface area contributed by atoms with Crippen molar-refractivity contribution in [2.45, 2.75) is 18.7 Å². The molecule has 0 atom stereocenters. The van der Waals surface area contributed by atoms with E-state index in [-0.39, 0.29) is 5.78 Å². The largest absolute Gasteiger partial charge is 0.293 e. The van der Waals surface area contributed by atoms with Gasteiger partial charge >= 0.3 is 0 Å². The minimum atomic E-state index is 0.182. The molecule has 0 aliphatic heterocycles. The van der Waals surface area contributed by atoms with Gasteiger partial charge in [-0.1, -0.05) is 29.8 Å². The first kappa shape index (κ1) is 14.4. The molecule has 0 saturated heterocycles. The van der Waals surface area contributed by atoms with E-state index >= 15 is 0 Å². The number of carbonyl (C=O) groups is 1. The lowest BCUT2D eigenvalue weighted by molar-refractivity contribution is 0.102. The highest BCUT2D eigenvalue weighted by Gasteiger charge is 2.10. The lowest BCUT2D eigenvalue weighted by atomic mass is 10.0. The maximum atomic E-state index is 12.3. The molecule has 0 aliphatic rings. The van der Waals surface area contributed by atoms with E-state index in [1.807, 2.05) is 56.3 Å². The molecule has 0 radical (unpaired) electrons. The molecule has 0 bridgehead atoms. The Morgan fingerprint density at radius 2 is 1.89 bits per heavy atom.